The molecule has 2 N–H and O–H groups in total. The van der Waals surface area contributed by atoms with E-state index in [1.54, 1.807) is 13.8 Å². The number of aliphatic carboxylic acids is 1. The highest BCUT2D eigenvalue weighted by Gasteiger charge is 2.43. The maximum absolute atomic E-state index is 12.6. The van der Waals surface area contributed by atoms with Gasteiger partial charge in [-0.25, -0.2) is 8.42 Å². The van der Waals surface area contributed by atoms with E-state index in [4.69, 9.17) is 5.11 Å². The molecule has 0 bridgehead atoms. The van der Waals surface area contributed by atoms with Crippen molar-refractivity contribution >= 4 is 16.0 Å². The summed E-state index contributed by atoms with van der Waals surface area (Å²) in [5, 5.41) is 18.7. The standard InChI is InChI=1S/C13H17NO5S/c1-8-3-9(2)5-11(4-8)20(18,19)14-7-10(15)6-12(14)13(16)17/h3-5,10,12,15H,6-7H2,1-2H3,(H,16,17)/t10-,12-/m1/s1. The molecule has 7 heteroatoms. The molecule has 2 rings (SSSR count). The maximum atomic E-state index is 12.6. The van der Waals surface area contributed by atoms with Gasteiger partial charge >= 0.3 is 5.97 Å². The van der Waals surface area contributed by atoms with E-state index < -0.39 is 28.1 Å². The summed E-state index contributed by atoms with van der Waals surface area (Å²) >= 11 is 0. The predicted octanol–water partition coefficient (Wildman–Crippen LogP) is 0.512. The lowest BCUT2D eigenvalue weighted by molar-refractivity contribution is -0.140. The quantitative estimate of drug-likeness (QED) is 0.848. The van der Waals surface area contributed by atoms with Gasteiger partial charge in [0.2, 0.25) is 10.0 Å². The van der Waals surface area contributed by atoms with Crippen LogP contribution in [0.15, 0.2) is 23.1 Å². The number of carbonyl (C=O) groups is 1. The van der Waals surface area contributed by atoms with E-state index in [-0.39, 0.29) is 17.9 Å². The van der Waals surface area contributed by atoms with Crippen molar-refractivity contribution in [2.45, 2.75) is 37.3 Å². The molecule has 1 saturated heterocycles. The molecular weight excluding hydrogens is 282 g/mol. The van der Waals surface area contributed by atoms with Crippen molar-refractivity contribution in [3.05, 3.63) is 29.3 Å². The van der Waals surface area contributed by atoms with E-state index in [2.05, 4.69) is 0 Å². The molecule has 20 heavy (non-hydrogen) atoms. The van der Waals surface area contributed by atoms with Crippen LogP contribution >= 0.6 is 0 Å². The number of β-amino-alcohol motifs (C(OH)–C–C–N with tert-alkyl or cyclic N) is 1. The third kappa shape index (κ3) is 2.70. The Morgan fingerprint density at radius 3 is 2.30 bits per heavy atom. The lowest BCUT2D eigenvalue weighted by Gasteiger charge is -2.21. The monoisotopic (exact) mass is 299 g/mol. The van der Waals surface area contributed by atoms with Crippen LogP contribution in [-0.4, -0.2) is 47.6 Å². The van der Waals surface area contributed by atoms with Crippen molar-refractivity contribution in [3.63, 3.8) is 0 Å². The van der Waals surface area contributed by atoms with Crippen LogP contribution in [-0.2, 0) is 14.8 Å². The summed E-state index contributed by atoms with van der Waals surface area (Å²) in [5.41, 5.74) is 1.57. The van der Waals surface area contributed by atoms with Crippen molar-refractivity contribution in [1.82, 2.24) is 4.31 Å². The first kappa shape index (κ1) is 15.0. The number of aliphatic hydroxyl groups excluding tert-OH is 1. The first-order chi connectivity index (χ1) is 9.21. The van der Waals surface area contributed by atoms with Crippen molar-refractivity contribution < 1.29 is 23.4 Å². The number of hydrogen-bond donors (Lipinski definition) is 2. The highest BCUT2D eigenvalue weighted by atomic mass is 32.2. The second-order valence-corrected chi connectivity index (χ2v) is 7.03. The summed E-state index contributed by atoms with van der Waals surface area (Å²) in [6.45, 7) is 3.37. The molecule has 0 unspecified atom stereocenters. The minimum Gasteiger partial charge on any atom is -0.480 e. The number of nitrogens with zero attached hydrogens (tertiary/aromatic N) is 1. The van der Waals surface area contributed by atoms with Gasteiger partial charge < -0.3 is 10.2 Å². The normalized spacial score (nSPS) is 23.9. The largest absolute Gasteiger partial charge is 0.480 e. The summed E-state index contributed by atoms with van der Waals surface area (Å²) in [5.74, 6) is -1.24. The number of sulfonamides is 1. The molecule has 0 saturated carbocycles. The fourth-order valence-corrected chi connectivity index (χ4v) is 4.31. The molecule has 110 valence electrons. The summed E-state index contributed by atoms with van der Waals surface area (Å²) in [6, 6.07) is 3.64. The van der Waals surface area contributed by atoms with Crippen LogP contribution in [0, 0.1) is 13.8 Å². The molecule has 1 fully saturated rings. The van der Waals surface area contributed by atoms with Crippen LogP contribution in [0.3, 0.4) is 0 Å². The average molecular weight is 299 g/mol. The zero-order chi connectivity index (χ0) is 15.1. The van der Waals surface area contributed by atoms with E-state index in [0.29, 0.717) is 0 Å². The molecule has 6 nitrogen and oxygen atoms in total. The first-order valence-corrected chi connectivity index (χ1v) is 7.67. The van der Waals surface area contributed by atoms with E-state index in [0.717, 1.165) is 15.4 Å². The van der Waals surface area contributed by atoms with Gasteiger partial charge in [0.1, 0.15) is 6.04 Å². The third-order valence-electron chi connectivity index (χ3n) is 3.32. The Bertz CT molecular complexity index is 620. The van der Waals surface area contributed by atoms with Crippen LogP contribution in [0.2, 0.25) is 0 Å². The molecule has 0 aliphatic carbocycles. The van der Waals surface area contributed by atoms with Gasteiger partial charge in [-0.1, -0.05) is 6.07 Å². The van der Waals surface area contributed by atoms with Gasteiger partial charge in [0.05, 0.1) is 11.0 Å². The minimum absolute atomic E-state index is 0.0651. The van der Waals surface area contributed by atoms with E-state index >= 15 is 0 Å². The zero-order valence-electron chi connectivity index (χ0n) is 11.3. The fraction of sp³-hybridized carbons (Fsp3) is 0.462. The second-order valence-electron chi connectivity index (χ2n) is 5.14. The SMILES string of the molecule is Cc1cc(C)cc(S(=O)(=O)N2C[C@H](O)C[C@@H]2C(=O)O)c1. The van der Waals surface area contributed by atoms with Crippen LogP contribution in [0.5, 0.6) is 0 Å². The van der Waals surface area contributed by atoms with Gasteiger partial charge in [-0.05, 0) is 37.1 Å². The van der Waals surface area contributed by atoms with E-state index in [1.165, 1.54) is 12.1 Å². The molecule has 0 amide bonds. The number of carboxylic acids is 1. The van der Waals surface area contributed by atoms with Crippen molar-refractivity contribution in [3.8, 4) is 0 Å². The number of rotatable bonds is 3. The Morgan fingerprint density at radius 2 is 1.80 bits per heavy atom. The molecule has 0 spiro atoms. The molecule has 1 heterocycles. The van der Waals surface area contributed by atoms with Crippen molar-refractivity contribution in [2.24, 2.45) is 0 Å². The van der Waals surface area contributed by atoms with Gasteiger partial charge in [0.15, 0.2) is 0 Å². The Balaban J connectivity index is 2.46. The second kappa shape index (κ2) is 5.16. The van der Waals surface area contributed by atoms with E-state index in [9.17, 15) is 18.3 Å². The summed E-state index contributed by atoms with van der Waals surface area (Å²) in [4.78, 5) is 11.2. The average Bonchev–Trinajstić information content (AvgIpc) is 2.71. The van der Waals surface area contributed by atoms with Gasteiger partial charge in [-0.15, -0.1) is 0 Å². The van der Waals surface area contributed by atoms with Crippen LogP contribution in [0.1, 0.15) is 17.5 Å². The Morgan fingerprint density at radius 1 is 1.25 bits per heavy atom. The maximum Gasteiger partial charge on any atom is 0.322 e. The topological polar surface area (TPSA) is 94.9 Å². The Hall–Kier alpha value is -1.44. The molecular formula is C13H17NO5S. The molecule has 0 aromatic heterocycles. The molecule has 1 aliphatic heterocycles. The highest BCUT2D eigenvalue weighted by molar-refractivity contribution is 7.89. The number of aryl methyl sites for hydroxylation is 2. The molecule has 1 aliphatic rings. The Kier molecular flexibility index (Phi) is 3.86. The number of aliphatic hydroxyl groups is 1. The molecule has 2 atom stereocenters. The van der Waals surface area contributed by atoms with Crippen LogP contribution in [0.25, 0.3) is 0 Å². The van der Waals surface area contributed by atoms with Crippen molar-refractivity contribution in [2.75, 3.05) is 6.54 Å². The molecule has 1 aromatic rings. The van der Waals surface area contributed by atoms with Crippen LogP contribution in [0.4, 0.5) is 0 Å². The number of carboxylic acid groups (broad SMARTS) is 1. The third-order valence-corrected chi connectivity index (χ3v) is 5.17. The zero-order valence-corrected chi connectivity index (χ0v) is 12.1. The van der Waals surface area contributed by atoms with Gasteiger partial charge in [0, 0.05) is 13.0 Å². The fourth-order valence-electron chi connectivity index (χ4n) is 2.49. The first-order valence-electron chi connectivity index (χ1n) is 6.23. The van der Waals surface area contributed by atoms with E-state index in [1.807, 2.05) is 6.07 Å². The van der Waals surface area contributed by atoms with Gasteiger partial charge in [0.25, 0.3) is 0 Å². The minimum atomic E-state index is -3.92. The summed E-state index contributed by atoms with van der Waals surface area (Å²) in [7, 11) is -3.92. The Labute approximate surface area is 117 Å². The summed E-state index contributed by atoms with van der Waals surface area (Å²) in [6.07, 6.45) is -1.03. The van der Waals surface area contributed by atoms with Crippen molar-refractivity contribution in [1.29, 1.82) is 0 Å². The number of hydrogen-bond acceptors (Lipinski definition) is 4. The lowest BCUT2D eigenvalue weighted by Crippen LogP contribution is -2.40. The molecule has 1 aromatic carbocycles. The smallest absolute Gasteiger partial charge is 0.322 e. The van der Waals surface area contributed by atoms with Gasteiger partial charge in [-0.3, -0.25) is 4.79 Å². The van der Waals surface area contributed by atoms with Gasteiger partial charge in [-0.2, -0.15) is 4.31 Å². The van der Waals surface area contributed by atoms with Crippen LogP contribution < -0.4 is 0 Å². The lowest BCUT2D eigenvalue weighted by atomic mass is 10.2. The summed E-state index contributed by atoms with van der Waals surface area (Å²) < 4.78 is 26.0. The molecule has 0 radical (unpaired) electrons. The predicted molar refractivity (Wildman–Crippen MR) is 71.9 cm³/mol. The number of benzene rings is 1. The highest BCUT2D eigenvalue weighted by Crippen LogP contribution is 2.27.